The van der Waals surface area contributed by atoms with E-state index in [1.165, 1.54) is 0 Å². The lowest BCUT2D eigenvalue weighted by Gasteiger charge is -2.11. The van der Waals surface area contributed by atoms with Crippen LogP contribution >= 0.6 is 0 Å². The van der Waals surface area contributed by atoms with E-state index in [9.17, 15) is 0 Å². The summed E-state index contributed by atoms with van der Waals surface area (Å²) in [6.45, 7) is 0. The van der Waals surface area contributed by atoms with Crippen LogP contribution in [-0.2, 0) is 0 Å². The molecule has 0 unspecified atom stereocenters. The number of hydrogen-bond donors (Lipinski definition) is 0. The zero-order valence-corrected chi connectivity index (χ0v) is 30.4. The van der Waals surface area contributed by atoms with Gasteiger partial charge in [0.25, 0.3) is 0 Å². The monoisotopic (exact) mass is 730 g/mol. The summed E-state index contributed by atoms with van der Waals surface area (Å²) in [7, 11) is 0. The molecule has 0 saturated heterocycles. The molecule has 0 bridgehead atoms. The van der Waals surface area contributed by atoms with Crippen molar-refractivity contribution >= 4 is 43.5 Å². The fourth-order valence-corrected chi connectivity index (χ4v) is 7.73. The van der Waals surface area contributed by atoms with Crippen LogP contribution < -0.4 is 0 Å². The summed E-state index contributed by atoms with van der Waals surface area (Å²) >= 11 is 0. The van der Waals surface area contributed by atoms with Crippen molar-refractivity contribution in [2.24, 2.45) is 0 Å². The number of hydrogen-bond acceptors (Lipinski definition) is 7. The van der Waals surface area contributed by atoms with Crippen molar-refractivity contribution in [1.82, 2.24) is 29.9 Å². The fourth-order valence-electron chi connectivity index (χ4n) is 7.73. The average molecular weight is 731 g/mol. The third-order valence-corrected chi connectivity index (χ3v) is 10.4. The summed E-state index contributed by atoms with van der Waals surface area (Å²) in [5.74, 6) is 3.63. The van der Waals surface area contributed by atoms with Gasteiger partial charge in [0.05, 0.1) is 0 Å². The Kier molecular flexibility index (Phi) is 7.67. The first-order valence-corrected chi connectivity index (χ1v) is 18.8. The SMILES string of the molecule is c1ccc(-c2nc(-c3ccccc3)nc(-c3ccc4oc5ccc(-c6nc(-c7ccccc7)nc(-c7ccccc7)n6)c6cccc(c7cccc3c47)c56)n2)cc1. The second kappa shape index (κ2) is 13.4. The van der Waals surface area contributed by atoms with Gasteiger partial charge in [0.15, 0.2) is 34.9 Å². The van der Waals surface area contributed by atoms with Gasteiger partial charge in [-0.25, -0.2) is 29.9 Å². The van der Waals surface area contributed by atoms with Crippen LogP contribution in [0.15, 0.2) is 186 Å². The zero-order chi connectivity index (χ0) is 37.7. The molecule has 266 valence electrons. The van der Waals surface area contributed by atoms with Crippen molar-refractivity contribution in [3.63, 3.8) is 0 Å². The summed E-state index contributed by atoms with van der Waals surface area (Å²) < 4.78 is 6.89. The van der Waals surface area contributed by atoms with Gasteiger partial charge in [0.1, 0.15) is 11.2 Å². The van der Waals surface area contributed by atoms with E-state index in [1.54, 1.807) is 0 Å². The van der Waals surface area contributed by atoms with Crippen LogP contribution in [0.2, 0.25) is 0 Å². The number of aromatic nitrogens is 6. The number of rotatable bonds is 6. The quantitative estimate of drug-likeness (QED) is 0.168. The summed E-state index contributed by atoms with van der Waals surface area (Å²) in [5, 5.41) is 6.05. The predicted octanol–water partition coefficient (Wildman–Crippen LogP) is 12.3. The van der Waals surface area contributed by atoms with Crippen molar-refractivity contribution in [2.75, 3.05) is 0 Å². The van der Waals surface area contributed by atoms with Gasteiger partial charge in [-0.3, -0.25) is 0 Å². The van der Waals surface area contributed by atoms with Crippen molar-refractivity contribution in [1.29, 1.82) is 0 Å². The summed E-state index contributed by atoms with van der Waals surface area (Å²) in [4.78, 5) is 30.2. The number of nitrogens with zero attached hydrogens (tertiary/aromatic N) is 6. The molecule has 3 aromatic heterocycles. The summed E-state index contributed by atoms with van der Waals surface area (Å²) in [5.41, 5.74) is 6.98. The van der Waals surface area contributed by atoms with E-state index in [2.05, 4.69) is 48.5 Å². The largest absolute Gasteiger partial charge is 0.456 e. The van der Waals surface area contributed by atoms with E-state index < -0.39 is 0 Å². The molecule has 0 fully saturated rings. The number of benzene rings is 8. The van der Waals surface area contributed by atoms with E-state index >= 15 is 0 Å². The smallest absolute Gasteiger partial charge is 0.164 e. The molecule has 57 heavy (non-hydrogen) atoms. The van der Waals surface area contributed by atoms with Gasteiger partial charge in [0.2, 0.25) is 0 Å². The van der Waals surface area contributed by atoms with Crippen molar-refractivity contribution in [2.45, 2.75) is 0 Å². The lowest BCUT2D eigenvalue weighted by Crippen LogP contribution is -2.00. The molecule has 0 N–H and O–H groups in total. The molecule has 0 amide bonds. The molecular formula is C50H30N6O. The van der Waals surface area contributed by atoms with Gasteiger partial charge in [-0.2, -0.15) is 0 Å². The molecular weight excluding hydrogens is 701 g/mol. The molecule has 0 atom stereocenters. The Balaban J connectivity index is 1.15. The van der Waals surface area contributed by atoms with Crippen molar-refractivity contribution in [3.8, 4) is 68.3 Å². The molecule has 11 aromatic rings. The van der Waals surface area contributed by atoms with Gasteiger partial charge in [0, 0.05) is 44.2 Å². The highest BCUT2D eigenvalue weighted by atomic mass is 16.3. The molecule has 0 saturated carbocycles. The molecule has 11 rings (SSSR count). The Morgan fingerprint density at radius 3 is 0.877 bits per heavy atom. The maximum atomic E-state index is 6.89. The summed E-state index contributed by atoms with van der Waals surface area (Å²) in [6.07, 6.45) is 0. The molecule has 7 heteroatoms. The zero-order valence-electron chi connectivity index (χ0n) is 30.4. The molecule has 8 aromatic carbocycles. The standard InChI is InChI=1S/C50H30N6O/c1-5-15-31(16-6-1)45-51-46(32-17-7-2-8-18-32)54-49(53-45)39-27-29-41-43-35(23-13-25-37(39)43)36-24-14-26-38-40(28-30-42(57-41)44(36)38)50-55-47(33-19-9-3-10-20-33)52-48(56-50)34-21-11-4-12-22-34/h1-30H. The maximum Gasteiger partial charge on any atom is 0.164 e. The highest BCUT2D eigenvalue weighted by Gasteiger charge is 2.20. The van der Waals surface area contributed by atoms with E-state index in [1.807, 2.05) is 133 Å². The highest BCUT2D eigenvalue weighted by Crippen LogP contribution is 2.42. The molecule has 0 radical (unpaired) electrons. The molecule has 7 nitrogen and oxygen atoms in total. The van der Waals surface area contributed by atoms with E-state index in [-0.39, 0.29) is 0 Å². The van der Waals surface area contributed by atoms with Crippen LogP contribution in [0.25, 0.3) is 112 Å². The third kappa shape index (κ3) is 5.68. The third-order valence-electron chi connectivity index (χ3n) is 10.4. The minimum Gasteiger partial charge on any atom is -0.456 e. The Labute approximate surface area is 327 Å². The summed E-state index contributed by atoms with van der Waals surface area (Å²) in [6, 6.07) is 61.1. The van der Waals surface area contributed by atoms with Gasteiger partial charge < -0.3 is 4.42 Å². The Bertz CT molecular complexity index is 2940. The lowest BCUT2D eigenvalue weighted by molar-refractivity contribution is 0.664. The van der Waals surface area contributed by atoms with E-state index in [0.717, 1.165) is 76.9 Å². The Hall–Kier alpha value is -7.90. The average Bonchev–Trinajstić information content (AvgIpc) is 3.43. The second-order valence-corrected chi connectivity index (χ2v) is 13.9. The molecule has 0 aliphatic rings. The predicted molar refractivity (Wildman–Crippen MR) is 228 cm³/mol. The second-order valence-electron chi connectivity index (χ2n) is 13.9. The highest BCUT2D eigenvalue weighted by molar-refractivity contribution is 6.26. The minimum absolute atomic E-state index is 0.590. The van der Waals surface area contributed by atoms with E-state index in [4.69, 9.17) is 34.3 Å². The topological polar surface area (TPSA) is 90.5 Å². The number of fused-ring (bicyclic) bond motifs is 1. The van der Waals surface area contributed by atoms with Crippen LogP contribution in [0.1, 0.15) is 0 Å². The Morgan fingerprint density at radius 2 is 0.544 bits per heavy atom. The Morgan fingerprint density at radius 1 is 0.246 bits per heavy atom. The maximum absolute atomic E-state index is 6.89. The van der Waals surface area contributed by atoms with Gasteiger partial charge in [-0.15, -0.1) is 0 Å². The van der Waals surface area contributed by atoms with Crippen LogP contribution in [0.5, 0.6) is 0 Å². The first-order chi connectivity index (χ1) is 28.2. The molecule has 0 aliphatic heterocycles. The first-order valence-electron chi connectivity index (χ1n) is 18.8. The van der Waals surface area contributed by atoms with Crippen LogP contribution in [0.4, 0.5) is 0 Å². The lowest BCUT2D eigenvalue weighted by atomic mass is 9.95. The first kappa shape index (κ1) is 32.5. The van der Waals surface area contributed by atoms with Gasteiger partial charge >= 0.3 is 0 Å². The van der Waals surface area contributed by atoms with Crippen molar-refractivity contribution in [3.05, 3.63) is 182 Å². The molecule has 0 aliphatic carbocycles. The van der Waals surface area contributed by atoms with Crippen molar-refractivity contribution < 1.29 is 4.42 Å². The molecule has 0 spiro atoms. The van der Waals surface area contributed by atoms with Gasteiger partial charge in [-0.1, -0.05) is 158 Å². The van der Waals surface area contributed by atoms with Crippen LogP contribution in [0.3, 0.4) is 0 Å². The fraction of sp³-hybridized carbons (Fsp3) is 0. The van der Waals surface area contributed by atoms with E-state index in [0.29, 0.717) is 34.9 Å². The minimum atomic E-state index is 0.590. The normalized spacial score (nSPS) is 11.5. The van der Waals surface area contributed by atoms with Gasteiger partial charge in [-0.05, 0) is 45.8 Å². The molecule has 3 heterocycles. The van der Waals surface area contributed by atoms with Crippen LogP contribution in [-0.4, -0.2) is 29.9 Å². The van der Waals surface area contributed by atoms with Crippen LogP contribution in [0, 0.1) is 0 Å².